The SMILES string of the molecule is CCCC(N)C(=O)N1CCN(Cc2csc(C)n2)CC1.Cl. The number of halogens is 1. The molecule has 7 heteroatoms. The number of hydrogen-bond acceptors (Lipinski definition) is 5. The number of piperazine rings is 1. The van der Waals surface area contributed by atoms with Gasteiger partial charge in [0.1, 0.15) is 0 Å². The monoisotopic (exact) mass is 332 g/mol. The highest BCUT2D eigenvalue weighted by molar-refractivity contribution is 7.09. The zero-order valence-corrected chi connectivity index (χ0v) is 14.4. The summed E-state index contributed by atoms with van der Waals surface area (Å²) >= 11 is 1.69. The van der Waals surface area contributed by atoms with Crippen LogP contribution in [-0.2, 0) is 11.3 Å². The highest BCUT2D eigenvalue weighted by Gasteiger charge is 2.24. The molecule has 1 aromatic heterocycles. The summed E-state index contributed by atoms with van der Waals surface area (Å²) in [4.78, 5) is 20.9. The molecule has 1 aromatic rings. The topological polar surface area (TPSA) is 62.5 Å². The van der Waals surface area contributed by atoms with Crippen molar-refractivity contribution in [3.05, 3.63) is 16.1 Å². The van der Waals surface area contributed by atoms with Crippen LogP contribution in [0, 0.1) is 6.92 Å². The van der Waals surface area contributed by atoms with Gasteiger partial charge in [0.25, 0.3) is 0 Å². The number of carbonyl (C=O) groups excluding carboxylic acids is 1. The molecule has 0 aliphatic carbocycles. The Kier molecular flexibility index (Phi) is 7.59. The first-order valence-corrected chi connectivity index (χ1v) is 8.16. The molecular weight excluding hydrogens is 308 g/mol. The zero-order chi connectivity index (χ0) is 14.5. The Morgan fingerprint density at radius 1 is 1.43 bits per heavy atom. The van der Waals surface area contributed by atoms with Crippen molar-refractivity contribution in [1.29, 1.82) is 0 Å². The Balaban J connectivity index is 0.00000220. The molecule has 0 bridgehead atoms. The first-order chi connectivity index (χ1) is 9.60. The summed E-state index contributed by atoms with van der Waals surface area (Å²) in [6.07, 6.45) is 1.73. The number of thiazole rings is 1. The molecule has 0 spiro atoms. The third-order valence-corrected chi connectivity index (χ3v) is 4.48. The normalized spacial score (nSPS) is 17.4. The molecule has 1 unspecified atom stereocenters. The molecule has 0 aromatic carbocycles. The molecule has 21 heavy (non-hydrogen) atoms. The lowest BCUT2D eigenvalue weighted by Gasteiger charge is -2.35. The minimum atomic E-state index is -0.326. The summed E-state index contributed by atoms with van der Waals surface area (Å²) < 4.78 is 0. The maximum Gasteiger partial charge on any atom is 0.239 e. The smallest absolute Gasteiger partial charge is 0.239 e. The van der Waals surface area contributed by atoms with Gasteiger partial charge < -0.3 is 10.6 Å². The third kappa shape index (κ3) is 5.21. The Labute approximate surface area is 136 Å². The Bertz CT molecular complexity index is 446. The minimum Gasteiger partial charge on any atom is -0.339 e. The van der Waals surface area contributed by atoms with Gasteiger partial charge in [0.2, 0.25) is 5.91 Å². The maximum atomic E-state index is 12.1. The number of carbonyl (C=O) groups is 1. The van der Waals surface area contributed by atoms with Crippen LogP contribution >= 0.6 is 23.7 Å². The summed E-state index contributed by atoms with van der Waals surface area (Å²) in [6.45, 7) is 8.33. The molecule has 5 nitrogen and oxygen atoms in total. The lowest BCUT2D eigenvalue weighted by Crippen LogP contribution is -2.52. The van der Waals surface area contributed by atoms with Crippen molar-refractivity contribution in [1.82, 2.24) is 14.8 Å². The second kappa shape index (κ2) is 8.68. The van der Waals surface area contributed by atoms with Crippen molar-refractivity contribution in [3.63, 3.8) is 0 Å². The highest BCUT2D eigenvalue weighted by atomic mass is 35.5. The second-order valence-corrected chi connectivity index (χ2v) is 6.42. The first kappa shape index (κ1) is 18.4. The van der Waals surface area contributed by atoms with E-state index in [0.717, 1.165) is 56.3 Å². The van der Waals surface area contributed by atoms with Gasteiger partial charge in [0.05, 0.1) is 16.7 Å². The Hall–Kier alpha value is -0.690. The van der Waals surface area contributed by atoms with Crippen molar-refractivity contribution >= 4 is 29.7 Å². The van der Waals surface area contributed by atoms with Crippen LogP contribution in [0.5, 0.6) is 0 Å². The van der Waals surface area contributed by atoms with Crippen molar-refractivity contribution in [2.24, 2.45) is 5.73 Å². The number of hydrogen-bond donors (Lipinski definition) is 1. The molecule has 1 atom stereocenters. The number of rotatable bonds is 5. The molecule has 1 aliphatic rings. The van der Waals surface area contributed by atoms with Gasteiger partial charge in [-0.25, -0.2) is 4.98 Å². The highest BCUT2D eigenvalue weighted by Crippen LogP contribution is 2.13. The molecular formula is C14H25ClN4OS. The lowest BCUT2D eigenvalue weighted by atomic mass is 10.1. The van der Waals surface area contributed by atoms with Gasteiger partial charge in [-0.15, -0.1) is 23.7 Å². The van der Waals surface area contributed by atoms with Crippen LogP contribution in [0.4, 0.5) is 0 Å². The van der Waals surface area contributed by atoms with Crippen LogP contribution in [-0.4, -0.2) is 52.9 Å². The van der Waals surface area contributed by atoms with Gasteiger partial charge in [0.15, 0.2) is 0 Å². The van der Waals surface area contributed by atoms with Gasteiger partial charge in [-0.2, -0.15) is 0 Å². The molecule has 1 fully saturated rings. The number of amides is 1. The fourth-order valence-corrected chi connectivity index (χ4v) is 3.11. The van der Waals surface area contributed by atoms with E-state index < -0.39 is 0 Å². The molecule has 1 saturated heterocycles. The number of aryl methyl sites for hydroxylation is 1. The van der Waals surface area contributed by atoms with Crippen LogP contribution in [0.25, 0.3) is 0 Å². The standard InChI is InChI=1S/C14H24N4OS.ClH/c1-3-4-13(15)14(19)18-7-5-17(6-8-18)9-12-10-20-11(2)16-12;/h10,13H,3-9,15H2,1-2H3;1H. The van der Waals surface area contributed by atoms with Gasteiger partial charge in [-0.05, 0) is 13.3 Å². The zero-order valence-electron chi connectivity index (χ0n) is 12.7. The van der Waals surface area contributed by atoms with Crippen LogP contribution in [0.15, 0.2) is 5.38 Å². The van der Waals surface area contributed by atoms with Crippen LogP contribution in [0.2, 0.25) is 0 Å². The predicted octanol–water partition coefficient (Wildman–Crippen LogP) is 1.64. The van der Waals surface area contributed by atoms with E-state index >= 15 is 0 Å². The summed E-state index contributed by atoms with van der Waals surface area (Å²) in [5.41, 5.74) is 7.04. The molecule has 0 saturated carbocycles. The summed E-state index contributed by atoms with van der Waals surface area (Å²) in [5.74, 6) is 0.107. The first-order valence-electron chi connectivity index (χ1n) is 7.28. The van der Waals surface area contributed by atoms with Gasteiger partial charge in [-0.1, -0.05) is 13.3 Å². The number of nitrogens with zero attached hydrogens (tertiary/aromatic N) is 3. The predicted molar refractivity (Wildman–Crippen MR) is 88.8 cm³/mol. The molecule has 2 rings (SSSR count). The van der Waals surface area contributed by atoms with Crippen molar-refractivity contribution < 1.29 is 4.79 Å². The van der Waals surface area contributed by atoms with Crippen LogP contribution in [0.1, 0.15) is 30.5 Å². The van der Waals surface area contributed by atoms with Crippen LogP contribution in [0.3, 0.4) is 0 Å². The molecule has 120 valence electrons. The Morgan fingerprint density at radius 3 is 2.62 bits per heavy atom. The average molecular weight is 333 g/mol. The molecule has 2 heterocycles. The minimum absolute atomic E-state index is 0. The lowest BCUT2D eigenvalue weighted by molar-refractivity contribution is -0.134. The van der Waals surface area contributed by atoms with E-state index in [1.165, 1.54) is 0 Å². The average Bonchev–Trinajstić information content (AvgIpc) is 2.84. The fraction of sp³-hybridized carbons (Fsp3) is 0.714. The van der Waals surface area contributed by atoms with Gasteiger partial charge in [-0.3, -0.25) is 9.69 Å². The third-order valence-electron chi connectivity index (χ3n) is 3.65. The van der Waals surface area contributed by atoms with Gasteiger partial charge in [0, 0.05) is 38.1 Å². The van der Waals surface area contributed by atoms with E-state index in [9.17, 15) is 4.79 Å². The molecule has 1 aliphatic heterocycles. The summed E-state index contributed by atoms with van der Waals surface area (Å²) in [7, 11) is 0. The van der Waals surface area contributed by atoms with Crippen molar-refractivity contribution in [3.8, 4) is 0 Å². The maximum absolute atomic E-state index is 12.1. The van der Waals surface area contributed by atoms with E-state index in [4.69, 9.17) is 5.73 Å². The number of aromatic nitrogens is 1. The van der Waals surface area contributed by atoms with E-state index in [0.29, 0.717) is 0 Å². The second-order valence-electron chi connectivity index (χ2n) is 5.35. The van der Waals surface area contributed by atoms with Crippen LogP contribution < -0.4 is 5.73 Å². The molecule has 2 N–H and O–H groups in total. The summed E-state index contributed by atoms with van der Waals surface area (Å²) in [6, 6.07) is -0.326. The quantitative estimate of drug-likeness (QED) is 0.890. The fourth-order valence-electron chi connectivity index (χ4n) is 2.51. The molecule has 0 radical (unpaired) electrons. The van der Waals surface area contributed by atoms with Gasteiger partial charge >= 0.3 is 0 Å². The summed E-state index contributed by atoms with van der Waals surface area (Å²) in [5, 5.41) is 3.23. The van der Waals surface area contributed by atoms with Crippen molar-refractivity contribution in [2.75, 3.05) is 26.2 Å². The van der Waals surface area contributed by atoms with E-state index in [1.54, 1.807) is 11.3 Å². The Morgan fingerprint density at radius 2 is 2.10 bits per heavy atom. The number of nitrogens with two attached hydrogens (primary N) is 1. The van der Waals surface area contributed by atoms with Crippen molar-refractivity contribution in [2.45, 2.75) is 39.3 Å². The van der Waals surface area contributed by atoms with E-state index in [2.05, 4.69) is 22.2 Å². The van der Waals surface area contributed by atoms with E-state index in [1.807, 2.05) is 11.8 Å². The van der Waals surface area contributed by atoms with E-state index in [-0.39, 0.29) is 24.4 Å². The largest absolute Gasteiger partial charge is 0.339 e. The molecule has 1 amide bonds.